The maximum Gasteiger partial charge on any atom is 0.337 e. The summed E-state index contributed by atoms with van der Waals surface area (Å²) in [6.07, 6.45) is 0. The van der Waals surface area contributed by atoms with Crippen molar-refractivity contribution in [3.63, 3.8) is 0 Å². The Hall–Kier alpha value is -3.08. The van der Waals surface area contributed by atoms with Gasteiger partial charge in [0.1, 0.15) is 11.4 Å². The summed E-state index contributed by atoms with van der Waals surface area (Å²) in [6.45, 7) is 0. The molecule has 0 radical (unpaired) electrons. The molecule has 0 aliphatic carbocycles. The first kappa shape index (κ1) is 13.9. The summed E-state index contributed by atoms with van der Waals surface area (Å²) in [5.74, 6) is 0.372. The Morgan fingerprint density at radius 2 is 1.86 bits per heavy atom. The molecule has 5 heteroatoms. The highest BCUT2D eigenvalue weighted by atomic mass is 16.5. The van der Waals surface area contributed by atoms with Gasteiger partial charge in [0.2, 0.25) is 0 Å². The predicted octanol–water partition coefficient (Wildman–Crippen LogP) is 3.50. The maximum absolute atomic E-state index is 11.6. The van der Waals surface area contributed by atoms with Crippen LogP contribution < -0.4 is 0 Å². The lowest BCUT2D eigenvalue weighted by Gasteiger charge is -2.00. The van der Waals surface area contributed by atoms with Gasteiger partial charge in [0, 0.05) is 17.2 Å². The van der Waals surface area contributed by atoms with Gasteiger partial charge in [0.05, 0.1) is 12.7 Å². The molecule has 3 rings (SSSR count). The highest BCUT2D eigenvalue weighted by Gasteiger charge is 2.11. The third kappa shape index (κ3) is 2.69. The van der Waals surface area contributed by atoms with Gasteiger partial charge in [0.15, 0.2) is 5.76 Å². The van der Waals surface area contributed by atoms with Gasteiger partial charge in [-0.25, -0.2) is 4.79 Å². The Balaban J connectivity index is 1.94. The molecule has 0 unspecified atom stereocenters. The molecule has 0 bridgehead atoms. The van der Waals surface area contributed by atoms with Gasteiger partial charge in [-0.3, -0.25) is 0 Å². The summed E-state index contributed by atoms with van der Waals surface area (Å²) < 4.78 is 10.0. The lowest BCUT2D eigenvalue weighted by Crippen LogP contribution is -2.00. The fourth-order valence-corrected chi connectivity index (χ4v) is 2.10. The molecule has 3 aromatic rings. The Labute approximate surface area is 126 Å². The second-order valence-corrected chi connectivity index (χ2v) is 4.70. The average Bonchev–Trinajstić information content (AvgIpc) is 3.05. The smallest absolute Gasteiger partial charge is 0.337 e. The average molecular weight is 295 g/mol. The van der Waals surface area contributed by atoms with Crippen molar-refractivity contribution >= 4 is 5.97 Å². The summed E-state index contributed by atoms with van der Waals surface area (Å²) in [4.78, 5) is 11.6. The maximum atomic E-state index is 11.6. The zero-order valence-electron chi connectivity index (χ0n) is 11.8. The molecule has 110 valence electrons. The molecule has 1 heterocycles. The quantitative estimate of drug-likeness (QED) is 0.749. The van der Waals surface area contributed by atoms with E-state index >= 15 is 0 Å². The number of carbonyl (C=O) groups excluding carboxylic acids is 1. The van der Waals surface area contributed by atoms with Gasteiger partial charge in [-0.15, -0.1) is 0 Å². The summed E-state index contributed by atoms with van der Waals surface area (Å²) in [6, 6.07) is 15.4. The molecule has 0 aliphatic heterocycles. The molecule has 1 N–H and O–H groups in total. The number of hydrogen-bond donors (Lipinski definition) is 1. The van der Waals surface area contributed by atoms with E-state index < -0.39 is 5.97 Å². The van der Waals surface area contributed by atoms with Gasteiger partial charge in [-0.1, -0.05) is 17.3 Å². The van der Waals surface area contributed by atoms with E-state index in [0.29, 0.717) is 17.0 Å². The van der Waals surface area contributed by atoms with Crippen LogP contribution in [0.5, 0.6) is 5.75 Å². The monoisotopic (exact) mass is 295 g/mol. The van der Waals surface area contributed by atoms with E-state index in [9.17, 15) is 9.90 Å². The van der Waals surface area contributed by atoms with Crippen molar-refractivity contribution in [2.24, 2.45) is 0 Å². The summed E-state index contributed by atoms with van der Waals surface area (Å²) in [7, 11) is 1.34. The summed E-state index contributed by atoms with van der Waals surface area (Å²) >= 11 is 0. The Kier molecular flexibility index (Phi) is 3.62. The van der Waals surface area contributed by atoms with Gasteiger partial charge in [0.25, 0.3) is 0 Å². The van der Waals surface area contributed by atoms with Crippen molar-refractivity contribution in [3.8, 4) is 28.3 Å². The van der Waals surface area contributed by atoms with Crippen LogP contribution in [0.2, 0.25) is 0 Å². The molecule has 0 spiro atoms. The van der Waals surface area contributed by atoms with Crippen molar-refractivity contribution in [3.05, 3.63) is 60.2 Å². The zero-order valence-corrected chi connectivity index (χ0v) is 11.8. The zero-order chi connectivity index (χ0) is 15.5. The number of rotatable bonds is 3. The second-order valence-electron chi connectivity index (χ2n) is 4.70. The van der Waals surface area contributed by atoms with E-state index in [1.807, 2.05) is 6.07 Å². The topological polar surface area (TPSA) is 72.6 Å². The van der Waals surface area contributed by atoms with Crippen LogP contribution in [0.4, 0.5) is 0 Å². The van der Waals surface area contributed by atoms with Crippen molar-refractivity contribution in [2.45, 2.75) is 0 Å². The molecule has 0 atom stereocenters. The van der Waals surface area contributed by atoms with Gasteiger partial charge in [-0.05, 0) is 36.4 Å². The number of hydrogen-bond acceptors (Lipinski definition) is 5. The molecule has 0 saturated carbocycles. The van der Waals surface area contributed by atoms with Gasteiger partial charge in [-0.2, -0.15) is 0 Å². The first-order chi connectivity index (χ1) is 10.7. The molecule has 0 amide bonds. The van der Waals surface area contributed by atoms with Crippen LogP contribution >= 0.6 is 0 Å². The van der Waals surface area contributed by atoms with Crippen LogP contribution in [0.15, 0.2) is 59.1 Å². The number of aromatic nitrogens is 1. The third-order valence-electron chi connectivity index (χ3n) is 3.24. The van der Waals surface area contributed by atoms with E-state index in [1.165, 1.54) is 7.11 Å². The van der Waals surface area contributed by atoms with E-state index in [1.54, 1.807) is 48.5 Å². The fraction of sp³-hybridized carbons (Fsp3) is 0.0588. The standard InChI is InChI=1S/C17H13NO4/c1-21-17(20)13-4-2-3-12(9-13)15-10-16(22-18-15)11-5-7-14(19)8-6-11/h2-10,19H,1H3. The molecular weight excluding hydrogens is 282 g/mol. The van der Waals surface area contributed by atoms with E-state index in [0.717, 1.165) is 11.1 Å². The van der Waals surface area contributed by atoms with Crippen LogP contribution in [-0.2, 0) is 4.74 Å². The molecule has 0 saturated heterocycles. The van der Waals surface area contributed by atoms with Crippen LogP contribution in [0.25, 0.3) is 22.6 Å². The number of carbonyl (C=O) groups is 1. The highest BCUT2D eigenvalue weighted by Crippen LogP contribution is 2.27. The van der Waals surface area contributed by atoms with Gasteiger partial charge < -0.3 is 14.4 Å². The Bertz CT molecular complexity index is 806. The van der Waals surface area contributed by atoms with E-state index in [-0.39, 0.29) is 5.75 Å². The van der Waals surface area contributed by atoms with Crippen molar-refractivity contribution in [1.29, 1.82) is 0 Å². The molecule has 1 aromatic heterocycles. The van der Waals surface area contributed by atoms with E-state index in [2.05, 4.69) is 5.16 Å². The Morgan fingerprint density at radius 1 is 1.09 bits per heavy atom. The predicted molar refractivity (Wildman–Crippen MR) is 80.4 cm³/mol. The minimum atomic E-state index is -0.399. The minimum absolute atomic E-state index is 0.189. The number of phenolic OH excluding ortho intramolecular Hbond substituents is 1. The minimum Gasteiger partial charge on any atom is -0.508 e. The van der Waals surface area contributed by atoms with Crippen LogP contribution in [0.3, 0.4) is 0 Å². The lowest BCUT2D eigenvalue weighted by molar-refractivity contribution is 0.0601. The van der Waals surface area contributed by atoms with E-state index in [4.69, 9.17) is 9.26 Å². The first-order valence-corrected chi connectivity index (χ1v) is 6.62. The molecule has 0 fully saturated rings. The Morgan fingerprint density at radius 3 is 2.59 bits per heavy atom. The third-order valence-corrected chi connectivity index (χ3v) is 3.24. The largest absolute Gasteiger partial charge is 0.508 e. The van der Waals surface area contributed by atoms with Crippen molar-refractivity contribution in [1.82, 2.24) is 5.16 Å². The first-order valence-electron chi connectivity index (χ1n) is 6.62. The fourth-order valence-electron chi connectivity index (χ4n) is 2.10. The number of nitrogens with zero attached hydrogens (tertiary/aromatic N) is 1. The number of aromatic hydroxyl groups is 1. The molecule has 2 aromatic carbocycles. The van der Waals surface area contributed by atoms with Crippen LogP contribution in [0.1, 0.15) is 10.4 Å². The summed E-state index contributed by atoms with van der Waals surface area (Å²) in [5.41, 5.74) is 2.64. The SMILES string of the molecule is COC(=O)c1cccc(-c2cc(-c3ccc(O)cc3)on2)c1. The number of methoxy groups -OCH3 is 1. The van der Waals surface area contributed by atoms with Crippen LogP contribution in [0, 0.1) is 0 Å². The number of esters is 1. The molecule has 0 aliphatic rings. The van der Waals surface area contributed by atoms with Crippen LogP contribution in [-0.4, -0.2) is 23.3 Å². The molecule has 5 nitrogen and oxygen atoms in total. The lowest BCUT2D eigenvalue weighted by atomic mass is 10.1. The second kappa shape index (κ2) is 5.73. The van der Waals surface area contributed by atoms with Crippen molar-refractivity contribution in [2.75, 3.05) is 7.11 Å². The van der Waals surface area contributed by atoms with Crippen molar-refractivity contribution < 1.29 is 19.2 Å². The number of ether oxygens (including phenoxy) is 1. The summed E-state index contributed by atoms with van der Waals surface area (Å²) in [5, 5.41) is 13.3. The highest BCUT2D eigenvalue weighted by molar-refractivity contribution is 5.90. The molecular formula is C17H13NO4. The normalized spacial score (nSPS) is 10.4. The van der Waals surface area contributed by atoms with Gasteiger partial charge >= 0.3 is 5.97 Å². The molecule has 22 heavy (non-hydrogen) atoms. The number of benzene rings is 2. The number of phenols is 1.